The molecule has 1 aromatic heterocycles. The minimum Gasteiger partial charge on any atom is -0.431 e. The average molecular weight is 338 g/mol. The number of nitriles is 1. The summed E-state index contributed by atoms with van der Waals surface area (Å²) in [5.41, 5.74) is 0.391. The predicted molar refractivity (Wildman–Crippen MR) is 86.7 cm³/mol. The van der Waals surface area contributed by atoms with Crippen molar-refractivity contribution in [2.24, 2.45) is 5.92 Å². The van der Waals surface area contributed by atoms with Crippen LogP contribution in [0.25, 0.3) is 11.1 Å². The van der Waals surface area contributed by atoms with Gasteiger partial charge < -0.3 is 9.73 Å². The van der Waals surface area contributed by atoms with Crippen LogP contribution >= 0.6 is 23.4 Å². The number of rotatable bonds is 5. The van der Waals surface area contributed by atoms with Crippen LogP contribution in [0.2, 0.25) is 5.02 Å². The van der Waals surface area contributed by atoms with Gasteiger partial charge in [-0.05, 0) is 25.0 Å². The number of halogens is 1. The summed E-state index contributed by atoms with van der Waals surface area (Å²) in [6, 6.07) is 7.31. The van der Waals surface area contributed by atoms with E-state index in [1.165, 1.54) is 11.8 Å². The Morgan fingerprint density at radius 1 is 1.59 bits per heavy atom. The number of benzene rings is 1. The van der Waals surface area contributed by atoms with Crippen molar-refractivity contribution in [1.82, 2.24) is 10.3 Å². The second kappa shape index (κ2) is 6.59. The van der Waals surface area contributed by atoms with E-state index in [9.17, 15) is 10.1 Å². The maximum Gasteiger partial charge on any atom is 0.257 e. The first-order valence-electron chi connectivity index (χ1n) is 6.75. The van der Waals surface area contributed by atoms with Crippen LogP contribution in [0.15, 0.2) is 27.8 Å². The van der Waals surface area contributed by atoms with E-state index < -0.39 is 5.54 Å². The Hall–Kier alpha value is -1.71. The lowest BCUT2D eigenvalue weighted by Crippen LogP contribution is -2.49. The maximum atomic E-state index is 12.0. The van der Waals surface area contributed by atoms with Gasteiger partial charge in [0, 0.05) is 11.1 Å². The van der Waals surface area contributed by atoms with Crippen LogP contribution in [0.5, 0.6) is 0 Å². The zero-order chi connectivity index (χ0) is 16.3. The van der Waals surface area contributed by atoms with Crippen LogP contribution in [0.4, 0.5) is 0 Å². The van der Waals surface area contributed by atoms with Crippen molar-refractivity contribution in [2.75, 3.05) is 5.75 Å². The number of oxazole rings is 1. The Bertz CT molecular complexity index is 738. The number of nitrogens with one attached hydrogen (secondary N) is 1. The largest absolute Gasteiger partial charge is 0.431 e. The van der Waals surface area contributed by atoms with Crippen LogP contribution < -0.4 is 5.32 Å². The molecule has 0 saturated carbocycles. The molecular formula is C15H16ClN3O2S. The molecule has 5 nitrogen and oxygen atoms in total. The summed E-state index contributed by atoms with van der Waals surface area (Å²) in [6.07, 6.45) is 0. The molecule has 2 rings (SSSR count). The molecule has 0 aliphatic heterocycles. The molecule has 1 aromatic carbocycles. The topological polar surface area (TPSA) is 78.9 Å². The molecule has 0 aliphatic rings. The van der Waals surface area contributed by atoms with Gasteiger partial charge in [0.2, 0.25) is 5.91 Å². The summed E-state index contributed by atoms with van der Waals surface area (Å²) >= 11 is 7.07. The van der Waals surface area contributed by atoms with Gasteiger partial charge in [-0.2, -0.15) is 5.26 Å². The monoisotopic (exact) mass is 337 g/mol. The van der Waals surface area contributed by atoms with Gasteiger partial charge in [-0.1, -0.05) is 37.2 Å². The third-order valence-electron chi connectivity index (χ3n) is 3.44. The summed E-state index contributed by atoms with van der Waals surface area (Å²) in [5.74, 6) is -0.0918. The van der Waals surface area contributed by atoms with Gasteiger partial charge in [0.05, 0.1) is 11.8 Å². The van der Waals surface area contributed by atoms with Crippen LogP contribution in [-0.4, -0.2) is 22.2 Å². The summed E-state index contributed by atoms with van der Waals surface area (Å²) < 4.78 is 5.53. The molecule has 22 heavy (non-hydrogen) atoms. The van der Waals surface area contributed by atoms with Gasteiger partial charge in [-0.25, -0.2) is 4.98 Å². The second-order valence-corrected chi connectivity index (χ2v) is 6.76. The molecule has 1 heterocycles. The van der Waals surface area contributed by atoms with Gasteiger partial charge in [0.1, 0.15) is 11.1 Å². The zero-order valence-electron chi connectivity index (χ0n) is 12.5. The maximum absolute atomic E-state index is 12.0. The van der Waals surface area contributed by atoms with Gasteiger partial charge in [-0.15, -0.1) is 0 Å². The highest BCUT2D eigenvalue weighted by Crippen LogP contribution is 2.25. The number of aromatic nitrogens is 1. The summed E-state index contributed by atoms with van der Waals surface area (Å²) in [5, 5.41) is 12.9. The van der Waals surface area contributed by atoms with Crippen LogP contribution in [0.1, 0.15) is 20.8 Å². The van der Waals surface area contributed by atoms with E-state index in [-0.39, 0.29) is 17.6 Å². The van der Waals surface area contributed by atoms with Crippen molar-refractivity contribution in [3.05, 3.63) is 23.2 Å². The van der Waals surface area contributed by atoms with Crippen molar-refractivity contribution >= 4 is 40.4 Å². The van der Waals surface area contributed by atoms with E-state index in [1.807, 2.05) is 13.8 Å². The molecule has 0 spiro atoms. The number of carbonyl (C=O) groups excluding carboxylic acids is 1. The molecule has 7 heteroatoms. The smallest absolute Gasteiger partial charge is 0.257 e. The fourth-order valence-corrected chi connectivity index (χ4v) is 2.49. The van der Waals surface area contributed by atoms with Crippen molar-refractivity contribution in [2.45, 2.75) is 31.5 Å². The predicted octanol–water partition coefficient (Wildman–Crippen LogP) is 3.63. The Labute approximate surface area is 138 Å². The first-order valence-corrected chi connectivity index (χ1v) is 8.11. The molecular weight excluding hydrogens is 322 g/mol. The van der Waals surface area contributed by atoms with Crippen LogP contribution in [0.3, 0.4) is 0 Å². The first kappa shape index (κ1) is 16.7. The second-order valence-electron chi connectivity index (χ2n) is 5.40. The van der Waals surface area contributed by atoms with Crippen molar-refractivity contribution in [1.29, 1.82) is 5.26 Å². The zero-order valence-corrected chi connectivity index (χ0v) is 14.1. The molecule has 116 valence electrons. The summed E-state index contributed by atoms with van der Waals surface area (Å²) in [6.45, 7) is 5.49. The number of thioether (sulfide) groups is 1. The third-order valence-corrected chi connectivity index (χ3v) is 4.51. The van der Waals surface area contributed by atoms with Crippen molar-refractivity contribution < 1.29 is 9.21 Å². The first-order chi connectivity index (χ1) is 10.3. The minimum absolute atomic E-state index is 0.0120. The Balaban J connectivity index is 1.99. The summed E-state index contributed by atoms with van der Waals surface area (Å²) in [7, 11) is 0. The molecule has 1 amide bonds. The third kappa shape index (κ3) is 3.73. The van der Waals surface area contributed by atoms with E-state index in [1.54, 1.807) is 25.1 Å². The Morgan fingerprint density at radius 2 is 2.32 bits per heavy atom. The Kier molecular flexibility index (Phi) is 4.99. The van der Waals surface area contributed by atoms with Crippen molar-refractivity contribution in [3.63, 3.8) is 0 Å². The lowest BCUT2D eigenvalue weighted by atomic mass is 9.90. The standard InChI is InChI=1S/C15H16ClN3O2S/c1-9(2)15(3,8-17)19-13(20)7-22-14-18-11-5-4-10(16)6-12(11)21-14/h4-6,9H,7H2,1-3H3,(H,19,20). The Morgan fingerprint density at radius 3 is 2.95 bits per heavy atom. The summed E-state index contributed by atoms with van der Waals surface area (Å²) in [4.78, 5) is 16.3. The molecule has 0 aliphatic carbocycles. The molecule has 0 fully saturated rings. The van der Waals surface area contributed by atoms with E-state index >= 15 is 0 Å². The SMILES string of the molecule is CC(C)C(C)(C#N)NC(=O)CSc1nc2ccc(Cl)cc2o1. The fraction of sp³-hybridized carbons (Fsp3) is 0.400. The fourth-order valence-electron chi connectivity index (χ4n) is 1.69. The number of hydrogen-bond acceptors (Lipinski definition) is 5. The molecule has 2 aromatic rings. The molecule has 0 bridgehead atoms. The van der Waals surface area contributed by atoms with Gasteiger partial charge in [0.15, 0.2) is 5.58 Å². The molecule has 1 N–H and O–H groups in total. The number of carbonyl (C=O) groups is 1. The number of nitrogens with zero attached hydrogens (tertiary/aromatic N) is 2. The number of fused-ring (bicyclic) bond motifs is 1. The van der Waals surface area contributed by atoms with Crippen LogP contribution in [-0.2, 0) is 4.79 Å². The van der Waals surface area contributed by atoms with E-state index in [4.69, 9.17) is 16.0 Å². The van der Waals surface area contributed by atoms with E-state index in [0.29, 0.717) is 21.3 Å². The highest BCUT2D eigenvalue weighted by Gasteiger charge is 2.29. The lowest BCUT2D eigenvalue weighted by Gasteiger charge is -2.27. The normalized spacial score (nSPS) is 13.8. The quantitative estimate of drug-likeness (QED) is 0.843. The lowest BCUT2D eigenvalue weighted by molar-refractivity contribution is -0.120. The molecule has 0 saturated heterocycles. The highest BCUT2D eigenvalue weighted by atomic mass is 35.5. The van der Waals surface area contributed by atoms with Crippen LogP contribution in [0, 0.1) is 17.2 Å². The number of hydrogen-bond donors (Lipinski definition) is 1. The van der Waals surface area contributed by atoms with Gasteiger partial charge >= 0.3 is 0 Å². The molecule has 1 unspecified atom stereocenters. The average Bonchev–Trinajstić information content (AvgIpc) is 2.86. The molecule has 0 radical (unpaired) electrons. The van der Waals surface area contributed by atoms with Crippen molar-refractivity contribution in [3.8, 4) is 6.07 Å². The van der Waals surface area contributed by atoms with Gasteiger partial charge in [0.25, 0.3) is 5.22 Å². The number of amides is 1. The minimum atomic E-state index is -0.882. The highest BCUT2D eigenvalue weighted by molar-refractivity contribution is 7.99. The van der Waals surface area contributed by atoms with E-state index in [2.05, 4.69) is 16.4 Å². The van der Waals surface area contributed by atoms with E-state index in [0.717, 1.165) is 0 Å². The van der Waals surface area contributed by atoms with Gasteiger partial charge in [-0.3, -0.25) is 4.79 Å². The molecule has 1 atom stereocenters.